The standard InChI is InChI=1S/C9H21N2O2/c1-10(2)5-6-13-9(8-12)7-11(3)4/h9H,5-8H2,1-4H3. The molecule has 0 fully saturated rings. The predicted octanol–water partition coefficient (Wildman–Crippen LogP) is -0.0747. The molecule has 4 nitrogen and oxygen atoms in total. The number of likely N-dealkylation sites (N-methyl/N-ethyl adjacent to an activating group) is 2. The van der Waals surface area contributed by atoms with Gasteiger partial charge in [-0.3, -0.25) is 0 Å². The summed E-state index contributed by atoms with van der Waals surface area (Å²) < 4.78 is 5.42. The molecule has 0 saturated heterocycles. The summed E-state index contributed by atoms with van der Waals surface area (Å²) in [7, 11) is 7.86. The predicted molar refractivity (Wildman–Crippen MR) is 52.4 cm³/mol. The lowest BCUT2D eigenvalue weighted by Gasteiger charge is -2.19. The Morgan fingerprint density at radius 3 is 2.15 bits per heavy atom. The lowest BCUT2D eigenvalue weighted by molar-refractivity contribution is -0.0241. The molecule has 0 aromatic rings. The highest BCUT2D eigenvalue weighted by Crippen LogP contribution is 1.93. The lowest BCUT2D eigenvalue weighted by atomic mass is 10.3. The maximum absolute atomic E-state index is 10.7. The van der Waals surface area contributed by atoms with Crippen LogP contribution in [0.4, 0.5) is 0 Å². The molecule has 0 aromatic heterocycles. The second-order valence-electron chi connectivity index (χ2n) is 3.72. The molecule has 0 aliphatic heterocycles. The van der Waals surface area contributed by atoms with Crippen molar-refractivity contribution >= 4 is 0 Å². The zero-order valence-electron chi connectivity index (χ0n) is 9.12. The van der Waals surface area contributed by atoms with E-state index < -0.39 is 0 Å². The zero-order chi connectivity index (χ0) is 10.3. The van der Waals surface area contributed by atoms with Crippen molar-refractivity contribution in [1.29, 1.82) is 0 Å². The Balaban J connectivity index is 3.48. The van der Waals surface area contributed by atoms with Crippen LogP contribution in [0.1, 0.15) is 0 Å². The van der Waals surface area contributed by atoms with Gasteiger partial charge in [0.1, 0.15) is 6.61 Å². The van der Waals surface area contributed by atoms with E-state index in [0.717, 1.165) is 6.54 Å². The van der Waals surface area contributed by atoms with Crippen LogP contribution in [-0.4, -0.2) is 70.4 Å². The monoisotopic (exact) mass is 189 g/mol. The molecule has 79 valence electrons. The van der Waals surface area contributed by atoms with Crippen molar-refractivity contribution in [2.24, 2.45) is 0 Å². The molecule has 0 rings (SSSR count). The van der Waals surface area contributed by atoms with Gasteiger partial charge in [-0.25, -0.2) is 5.11 Å². The van der Waals surface area contributed by atoms with Crippen molar-refractivity contribution in [2.45, 2.75) is 6.10 Å². The van der Waals surface area contributed by atoms with Crippen molar-refractivity contribution in [3.63, 3.8) is 0 Å². The van der Waals surface area contributed by atoms with Crippen molar-refractivity contribution in [3.8, 4) is 0 Å². The van der Waals surface area contributed by atoms with E-state index in [1.807, 2.05) is 38.0 Å². The topological polar surface area (TPSA) is 35.6 Å². The molecule has 0 N–H and O–H groups in total. The second kappa shape index (κ2) is 7.26. The summed E-state index contributed by atoms with van der Waals surface area (Å²) in [6, 6.07) is 0. The molecule has 4 heteroatoms. The zero-order valence-corrected chi connectivity index (χ0v) is 9.12. The van der Waals surface area contributed by atoms with Gasteiger partial charge in [0.25, 0.3) is 0 Å². The maximum atomic E-state index is 10.7. The van der Waals surface area contributed by atoms with Gasteiger partial charge in [0.05, 0.1) is 12.7 Å². The van der Waals surface area contributed by atoms with E-state index in [1.165, 1.54) is 0 Å². The number of hydrogen-bond donors (Lipinski definition) is 0. The Bertz CT molecular complexity index is 118. The largest absolute Gasteiger partial charge is 0.373 e. The van der Waals surface area contributed by atoms with Gasteiger partial charge in [-0.1, -0.05) is 0 Å². The second-order valence-corrected chi connectivity index (χ2v) is 3.72. The highest BCUT2D eigenvalue weighted by atomic mass is 16.5. The van der Waals surface area contributed by atoms with E-state index in [1.54, 1.807) is 0 Å². The minimum atomic E-state index is -0.171. The number of nitrogens with zero attached hydrogens (tertiary/aromatic N) is 2. The van der Waals surface area contributed by atoms with Crippen LogP contribution in [0.5, 0.6) is 0 Å². The summed E-state index contributed by atoms with van der Waals surface area (Å²) >= 11 is 0. The molecule has 0 aliphatic rings. The molecule has 0 aromatic carbocycles. The van der Waals surface area contributed by atoms with Gasteiger partial charge in [-0.05, 0) is 28.2 Å². The summed E-state index contributed by atoms with van der Waals surface area (Å²) in [5.41, 5.74) is 0. The highest BCUT2D eigenvalue weighted by Gasteiger charge is 2.09. The third-order valence-corrected chi connectivity index (χ3v) is 1.65. The summed E-state index contributed by atoms with van der Waals surface area (Å²) in [4.78, 5) is 4.01. The number of ether oxygens (including phenoxy) is 1. The fraction of sp³-hybridized carbons (Fsp3) is 1.00. The number of rotatable bonds is 7. The van der Waals surface area contributed by atoms with E-state index in [-0.39, 0.29) is 12.7 Å². The Morgan fingerprint density at radius 1 is 1.15 bits per heavy atom. The Kier molecular flexibility index (Phi) is 7.17. The lowest BCUT2D eigenvalue weighted by Crippen LogP contribution is -2.33. The number of hydrogen-bond acceptors (Lipinski definition) is 3. The van der Waals surface area contributed by atoms with Crippen LogP contribution in [0.25, 0.3) is 0 Å². The molecule has 0 spiro atoms. The SMILES string of the molecule is CN(C)CCOC(C[O])CN(C)C. The van der Waals surface area contributed by atoms with Crippen molar-refractivity contribution < 1.29 is 9.84 Å². The quantitative estimate of drug-likeness (QED) is 0.562. The Morgan fingerprint density at radius 2 is 1.77 bits per heavy atom. The summed E-state index contributed by atoms with van der Waals surface area (Å²) in [6.07, 6.45) is -0.171. The van der Waals surface area contributed by atoms with Crippen LogP contribution in [0.3, 0.4) is 0 Å². The minimum absolute atomic E-state index is 0.161. The van der Waals surface area contributed by atoms with E-state index in [2.05, 4.69) is 0 Å². The Hall–Kier alpha value is -0.160. The molecule has 0 aliphatic carbocycles. The van der Waals surface area contributed by atoms with Crippen LogP contribution in [0.15, 0.2) is 0 Å². The first-order valence-corrected chi connectivity index (χ1v) is 4.55. The summed E-state index contributed by atoms with van der Waals surface area (Å²) in [5.74, 6) is 0. The van der Waals surface area contributed by atoms with Gasteiger partial charge in [-0.2, -0.15) is 0 Å². The molecule has 0 heterocycles. The first-order chi connectivity index (χ1) is 6.06. The van der Waals surface area contributed by atoms with Crippen LogP contribution < -0.4 is 0 Å². The van der Waals surface area contributed by atoms with Gasteiger partial charge < -0.3 is 14.5 Å². The molecular weight excluding hydrogens is 168 g/mol. The average Bonchev–Trinajstić information content (AvgIpc) is 2.01. The molecule has 13 heavy (non-hydrogen) atoms. The fourth-order valence-electron chi connectivity index (χ4n) is 0.963. The van der Waals surface area contributed by atoms with E-state index in [4.69, 9.17) is 4.74 Å². The van der Waals surface area contributed by atoms with Gasteiger partial charge >= 0.3 is 0 Å². The first kappa shape index (κ1) is 12.8. The van der Waals surface area contributed by atoms with E-state index in [0.29, 0.717) is 13.2 Å². The Labute approximate surface area is 81.1 Å². The molecule has 1 radical (unpaired) electrons. The van der Waals surface area contributed by atoms with E-state index in [9.17, 15) is 5.11 Å². The fourth-order valence-corrected chi connectivity index (χ4v) is 0.963. The van der Waals surface area contributed by atoms with Crippen molar-refractivity contribution in [2.75, 3.05) is 54.5 Å². The third kappa shape index (κ3) is 8.18. The molecule has 0 bridgehead atoms. The third-order valence-electron chi connectivity index (χ3n) is 1.65. The van der Waals surface area contributed by atoms with Crippen LogP contribution in [0, 0.1) is 0 Å². The summed E-state index contributed by atoms with van der Waals surface area (Å²) in [6.45, 7) is 2.04. The van der Waals surface area contributed by atoms with Gasteiger partial charge in [-0.15, -0.1) is 0 Å². The van der Waals surface area contributed by atoms with Crippen LogP contribution in [-0.2, 0) is 9.84 Å². The van der Waals surface area contributed by atoms with E-state index >= 15 is 0 Å². The van der Waals surface area contributed by atoms with Crippen molar-refractivity contribution in [1.82, 2.24) is 9.80 Å². The minimum Gasteiger partial charge on any atom is -0.373 e. The molecular formula is C9H21N2O2. The van der Waals surface area contributed by atoms with Gasteiger partial charge in [0, 0.05) is 13.1 Å². The maximum Gasteiger partial charge on any atom is 0.110 e. The molecule has 1 atom stereocenters. The van der Waals surface area contributed by atoms with Gasteiger partial charge in [0.15, 0.2) is 0 Å². The smallest absolute Gasteiger partial charge is 0.110 e. The molecule has 0 saturated carbocycles. The van der Waals surface area contributed by atoms with Gasteiger partial charge in [0.2, 0.25) is 0 Å². The van der Waals surface area contributed by atoms with Crippen molar-refractivity contribution in [3.05, 3.63) is 0 Å². The highest BCUT2D eigenvalue weighted by molar-refractivity contribution is 4.59. The normalized spacial score (nSPS) is 14.1. The van der Waals surface area contributed by atoms with Crippen LogP contribution >= 0.6 is 0 Å². The van der Waals surface area contributed by atoms with Crippen LogP contribution in [0.2, 0.25) is 0 Å². The first-order valence-electron chi connectivity index (χ1n) is 4.55. The molecule has 0 amide bonds. The average molecular weight is 189 g/mol. The molecule has 1 unspecified atom stereocenters. The summed E-state index contributed by atoms with van der Waals surface area (Å²) in [5, 5.41) is 10.7.